The van der Waals surface area contributed by atoms with E-state index in [4.69, 9.17) is 4.42 Å². The molecule has 0 bridgehead atoms. The number of rotatable bonds is 6. The summed E-state index contributed by atoms with van der Waals surface area (Å²) in [6.45, 7) is 0. The SMILES string of the molecule is c1ccc(C2(c3ccccc3)c3cc(N(c4ccc(-c5ccc6c(c5)oc5ccccc56)cc4)c4cccc5c4-c4ccccc4C54c5ccccc5-n5c6ccccc6c6cccc4c65)ccc3-c3c2ccc2ccccc32)cc1. The van der Waals surface area contributed by atoms with Crippen LogP contribution in [0.5, 0.6) is 0 Å². The Bertz CT molecular complexity index is 5080. The predicted molar refractivity (Wildman–Crippen MR) is 334 cm³/mol. The van der Waals surface area contributed by atoms with Gasteiger partial charge in [-0.05, 0) is 144 Å². The van der Waals surface area contributed by atoms with Crippen molar-refractivity contribution >= 4 is 71.6 Å². The van der Waals surface area contributed by atoms with Gasteiger partial charge in [0.25, 0.3) is 0 Å². The maximum atomic E-state index is 6.44. The quantitative estimate of drug-likeness (QED) is 0.166. The summed E-state index contributed by atoms with van der Waals surface area (Å²) in [7, 11) is 0. The number of hydrogen-bond donors (Lipinski definition) is 0. The Morgan fingerprint density at radius 1 is 0.321 bits per heavy atom. The first-order chi connectivity index (χ1) is 40.2. The molecular weight excluding hydrogens is 981 g/mol. The third-order valence-electron chi connectivity index (χ3n) is 18.5. The molecule has 1 atom stereocenters. The van der Waals surface area contributed by atoms with Gasteiger partial charge in [-0.15, -0.1) is 0 Å². The minimum Gasteiger partial charge on any atom is -0.456 e. The summed E-state index contributed by atoms with van der Waals surface area (Å²) in [5.74, 6) is 0. The molecule has 3 aliphatic rings. The number of benzene rings is 13. The van der Waals surface area contributed by atoms with Gasteiger partial charge in [0.15, 0.2) is 0 Å². The summed E-state index contributed by atoms with van der Waals surface area (Å²) < 4.78 is 8.97. The van der Waals surface area contributed by atoms with Crippen LogP contribution >= 0.6 is 0 Å². The predicted octanol–water partition coefficient (Wildman–Crippen LogP) is 20.0. The summed E-state index contributed by atoms with van der Waals surface area (Å²) in [5.41, 5.74) is 24.9. The average Bonchev–Trinajstić information content (AvgIpc) is 2.64. The topological polar surface area (TPSA) is 21.3 Å². The molecule has 0 amide bonds. The Morgan fingerprint density at radius 3 is 1.77 bits per heavy atom. The van der Waals surface area contributed by atoms with Crippen LogP contribution in [0, 0.1) is 0 Å². The smallest absolute Gasteiger partial charge is 0.136 e. The third kappa shape index (κ3) is 5.81. The van der Waals surface area contributed by atoms with Crippen LogP contribution in [-0.2, 0) is 10.8 Å². The minimum absolute atomic E-state index is 0.621. The molecule has 81 heavy (non-hydrogen) atoms. The molecule has 3 heteroatoms. The van der Waals surface area contributed by atoms with Gasteiger partial charge in [0, 0.05) is 38.5 Å². The zero-order chi connectivity index (χ0) is 53.0. The fraction of sp³-hybridized carbons (Fsp3) is 0.0256. The largest absolute Gasteiger partial charge is 0.456 e. The lowest BCUT2D eigenvalue weighted by Gasteiger charge is -2.39. The van der Waals surface area contributed by atoms with Crippen molar-refractivity contribution in [1.29, 1.82) is 0 Å². The Hall–Kier alpha value is -10.5. The lowest BCUT2D eigenvalue weighted by Crippen LogP contribution is -2.33. The second-order valence-corrected chi connectivity index (χ2v) is 22.2. The minimum atomic E-state index is -0.629. The van der Waals surface area contributed by atoms with E-state index in [9.17, 15) is 0 Å². The van der Waals surface area contributed by atoms with Gasteiger partial charge in [-0.25, -0.2) is 0 Å². The highest BCUT2D eigenvalue weighted by Gasteiger charge is 2.52. The van der Waals surface area contributed by atoms with Gasteiger partial charge in [0.2, 0.25) is 0 Å². The average molecular weight is 1030 g/mol. The summed E-state index contributed by atoms with van der Waals surface area (Å²) >= 11 is 0. The number of aromatic nitrogens is 1. The van der Waals surface area contributed by atoms with Gasteiger partial charge < -0.3 is 13.9 Å². The molecule has 2 aliphatic carbocycles. The van der Waals surface area contributed by atoms with Crippen LogP contribution in [0.3, 0.4) is 0 Å². The number of para-hydroxylation sites is 4. The molecule has 0 N–H and O–H groups in total. The van der Waals surface area contributed by atoms with Crippen molar-refractivity contribution in [3.8, 4) is 39.1 Å². The van der Waals surface area contributed by atoms with Crippen LogP contribution in [0.1, 0.15) is 44.5 Å². The molecule has 1 spiro atoms. The fourth-order valence-electron chi connectivity index (χ4n) is 15.3. The Balaban J connectivity index is 0.919. The van der Waals surface area contributed by atoms with Crippen molar-refractivity contribution in [2.75, 3.05) is 4.90 Å². The molecule has 0 saturated heterocycles. The third-order valence-corrected chi connectivity index (χ3v) is 18.5. The van der Waals surface area contributed by atoms with E-state index in [-0.39, 0.29) is 0 Å². The van der Waals surface area contributed by atoms with Crippen molar-refractivity contribution in [2.45, 2.75) is 10.8 Å². The van der Waals surface area contributed by atoms with Gasteiger partial charge in [0.1, 0.15) is 11.2 Å². The normalized spacial score (nSPS) is 15.1. The maximum Gasteiger partial charge on any atom is 0.136 e. The summed E-state index contributed by atoms with van der Waals surface area (Å²) in [5, 5.41) is 7.29. The van der Waals surface area contributed by atoms with E-state index >= 15 is 0 Å². The summed E-state index contributed by atoms with van der Waals surface area (Å²) in [6, 6.07) is 109. The van der Waals surface area contributed by atoms with E-state index in [1.807, 2.05) is 6.07 Å². The molecule has 15 aromatic rings. The van der Waals surface area contributed by atoms with Crippen molar-refractivity contribution in [2.24, 2.45) is 0 Å². The summed E-state index contributed by atoms with van der Waals surface area (Å²) in [6.07, 6.45) is 0. The molecule has 376 valence electrons. The number of nitrogens with zero attached hydrogens (tertiary/aromatic N) is 2. The molecule has 3 heterocycles. The van der Waals surface area contributed by atoms with Gasteiger partial charge in [-0.2, -0.15) is 0 Å². The maximum absolute atomic E-state index is 6.44. The standard InChI is InChI=1S/C78H48N2O/c1-3-20-52(21-4-1)77(53-22-5-2-6-23-53)66-46-40-50-19-7-8-24-56(50)74(66)62-45-43-55(48-68(62)77)79(54-41-37-49(38-42-54)51-39-44-59-58-26-11-16-36-72(58)81-73(59)47-51)71-35-18-31-65-75(71)61-27-9-12-29-63(61)78(65)64-30-13-15-34-70(64)80-69-33-14-10-25-57(69)60-28-17-32-67(78)76(60)80/h1-48H. The van der Waals surface area contributed by atoms with E-state index in [0.717, 1.165) is 50.1 Å². The van der Waals surface area contributed by atoms with Crippen molar-refractivity contribution in [1.82, 2.24) is 4.57 Å². The van der Waals surface area contributed by atoms with Crippen LogP contribution in [0.4, 0.5) is 17.1 Å². The van der Waals surface area contributed by atoms with Gasteiger partial charge >= 0.3 is 0 Å². The van der Waals surface area contributed by atoms with E-state index in [2.05, 4.69) is 295 Å². The highest BCUT2D eigenvalue weighted by Crippen LogP contribution is 2.64. The molecule has 0 saturated carbocycles. The van der Waals surface area contributed by atoms with Crippen molar-refractivity contribution in [3.63, 3.8) is 0 Å². The fourth-order valence-corrected chi connectivity index (χ4v) is 15.3. The van der Waals surface area contributed by atoms with Crippen LogP contribution in [0.2, 0.25) is 0 Å². The zero-order valence-electron chi connectivity index (χ0n) is 44.0. The molecule has 0 fully saturated rings. The van der Waals surface area contributed by atoms with E-state index in [1.54, 1.807) is 0 Å². The monoisotopic (exact) mass is 1030 g/mol. The van der Waals surface area contributed by atoms with E-state index in [1.165, 1.54) is 105 Å². The van der Waals surface area contributed by atoms with Gasteiger partial charge in [-0.3, -0.25) is 0 Å². The van der Waals surface area contributed by atoms with Crippen LogP contribution in [-0.4, -0.2) is 4.57 Å². The number of furan rings is 1. The second kappa shape index (κ2) is 16.5. The van der Waals surface area contributed by atoms with Crippen molar-refractivity contribution in [3.05, 3.63) is 336 Å². The molecule has 2 aromatic heterocycles. The van der Waals surface area contributed by atoms with Gasteiger partial charge in [-0.1, -0.05) is 231 Å². The van der Waals surface area contributed by atoms with Crippen molar-refractivity contribution < 1.29 is 4.42 Å². The van der Waals surface area contributed by atoms with E-state index in [0.29, 0.717) is 0 Å². The van der Waals surface area contributed by atoms with Crippen LogP contribution in [0.25, 0.3) is 93.6 Å². The summed E-state index contributed by atoms with van der Waals surface area (Å²) in [4.78, 5) is 2.55. The Morgan fingerprint density at radius 2 is 0.926 bits per heavy atom. The lowest BCUT2D eigenvalue weighted by atomic mass is 9.65. The molecule has 1 unspecified atom stereocenters. The first-order valence-electron chi connectivity index (χ1n) is 28.2. The molecule has 3 nitrogen and oxygen atoms in total. The van der Waals surface area contributed by atoms with Crippen LogP contribution in [0.15, 0.2) is 296 Å². The highest BCUT2D eigenvalue weighted by atomic mass is 16.3. The number of anilines is 3. The lowest BCUT2D eigenvalue weighted by molar-refractivity contribution is 0.669. The first kappa shape index (κ1) is 44.5. The molecule has 18 rings (SSSR count). The Kier molecular flexibility index (Phi) is 9.08. The second-order valence-electron chi connectivity index (χ2n) is 22.2. The highest BCUT2D eigenvalue weighted by molar-refractivity contribution is 6.14. The van der Waals surface area contributed by atoms with Gasteiger partial charge in [0.05, 0.1) is 33.2 Å². The number of hydrogen-bond acceptors (Lipinski definition) is 2. The van der Waals surface area contributed by atoms with Crippen LogP contribution < -0.4 is 4.90 Å². The molecule has 13 aromatic carbocycles. The first-order valence-corrected chi connectivity index (χ1v) is 28.2. The van der Waals surface area contributed by atoms with E-state index < -0.39 is 10.8 Å². The Labute approximate surface area is 468 Å². The molecule has 1 aliphatic heterocycles. The zero-order valence-corrected chi connectivity index (χ0v) is 44.0. The number of fused-ring (bicyclic) bond motifs is 20. The molecular formula is C78H48N2O. The molecule has 0 radical (unpaired) electrons.